The van der Waals surface area contributed by atoms with E-state index in [0.29, 0.717) is 41.0 Å². The second kappa shape index (κ2) is 8.28. The van der Waals surface area contributed by atoms with E-state index in [2.05, 4.69) is 10.6 Å². The van der Waals surface area contributed by atoms with Gasteiger partial charge in [-0.3, -0.25) is 14.5 Å². The van der Waals surface area contributed by atoms with Crippen molar-refractivity contribution in [3.63, 3.8) is 0 Å². The van der Waals surface area contributed by atoms with E-state index in [0.717, 1.165) is 11.3 Å². The Morgan fingerprint density at radius 3 is 2.58 bits per heavy atom. The smallest absolute Gasteiger partial charge is 0.325 e. The maximum absolute atomic E-state index is 13.0. The maximum atomic E-state index is 13.0. The summed E-state index contributed by atoms with van der Waals surface area (Å²) < 4.78 is 11.2. The Hall–Kier alpha value is -2.97. The minimum Gasteiger partial charge on any atom is -0.490 e. The van der Waals surface area contributed by atoms with Gasteiger partial charge in [0.25, 0.3) is 5.91 Å². The predicted molar refractivity (Wildman–Crippen MR) is 115 cm³/mol. The van der Waals surface area contributed by atoms with E-state index in [1.165, 1.54) is 0 Å². The molecular weight excluding hydrogens is 445 g/mol. The van der Waals surface area contributed by atoms with Crippen LogP contribution in [0, 0.1) is 0 Å². The average Bonchev–Trinajstić information content (AvgIpc) is 2.88. The molecule has 0 radical (unpaired) electrons. The Morgan fingerprint density at radius 2 is 1.87 bits per heavy atom. The molecule has 1 fully saturated rings. The highest BCUT2D eigenvalue weighted by Crippen LogP contribution is 2.38. The summed E-state index contributed by atoms with van der Waals surface area (Å²) in [5, 5.41) is 5.94. The van der Waals surface area contributed by atoms with E-state index < -0.39 is 29.9 Å². The fraction of sp³-hybridized carbons (Fsp3) is 0.286. The summed E-state index contributed by atoms with van der Waals surface area (Å²) in [5.41, 5.74) is -0.511. The number of urea groups is 1. The third-order valence-corrected chi connectivity index (χ3v) is 5.64. The molecule has 0 aromatic heterocycles. The fourth-order valence-corrected chi connectivity index (χ4v) is 3.84. The second-order valence-corrected chi connectivity index (χ2v) is 8.18. The van der Waals surface area contributed by atoms with Gasteiger partial charge in [-0.2, -0.15) is 0 Å². The van der Waals surface area contributed by atoms with Crippen molar-refractivity contribution in [1.82, 2.24) is 10.2 Å². The largest absolute Gasteiger partial charge is 0.490 e. The van der Waals surface area contributed by atoms with Gasteiger partial charge >= 0.3 is 6.03 Å². The molecular formula is C21H19Cl2N3O5. The van der Waals surface area contributed by atoms with Crippen LogP contribution in [0.2, 0.25) is 10.0 Å². The van der Waals surface area contributed by atoms with Crippen LogP contribution in [0.4, 0.5) is 10.5 Å². The fourth-order valence-electron chi connectivity index (χ4n) is 3.45. The Kier molecular flexibility index (Phi) is 5.68. The van der Waals surface area contributed by atoms with Crippen molar-refractivity contribution in [2.75, 3.05) is 25.1 Å². The SMILES string of the molecule is CC1(c2cccc(Cl)c2)NC(=O)N(CC(=O)Nc2cc3c(cc2Cl)OCCCO3)C1=O. The van der Waals surface area contributed by atoms with Crippen LogP contribution >= 0.6 is 23.2 Å². The van der Waals surface area contributed by atoms with Gasteiger partial charge in [0, 0.05) is 23.6 Å². The number of nitrogens with zero attached hydrogens (tertiary/aromatic N) is 1. The zero-order valence-electron chi connectivity index (χ0n) is 16.5. The van der Waals surface area contributed by atoms with Gasteiger partial charge in [0.1, 0.15) is 12.1 Å². The number of hydrogen-bond donors (Lipinski definition) is 2. The van der Waals surface area contributed by atoms with Gasteiger partial charge < -0.3 is 20.1 Å². The molecule has 2 heterocycles. The number of benzene rings is 2. The number of fused-ring (bicyclic) bond motifs is 1. The quantitative estimate of drug-likeness (QED) is 0.675. The van der Waals surface area contributed by atoms with Crippen LogP contribution in [0.25, 0.3) is 0 Å². The zero-order valence-corrected chi connectivity index (χ0v) is 18.0. The molecule has 0 saturated carbocycles. The van der Waals surface area contributed by atoms with Crippen molar-refractivity contribution in [3.05, 3.63) is 52.0 Å². The van der Waals surface area contributed by atoms with Crippen molar-refractivity contribution >= 4 is 46.7 Å². The normalized spacial score (nSPS) is 20.3. The van der Waals surface area contributed by atoms with Gasteiger partial charge in [-0.25, -0.2) is 4.79 Å². The van der Waals surface area contributed by atoms with E-state index in [1.807, 2.05) is 0 Å². The minimum absolute atomic E-state index is 0.249. The molecule has 2 aliphatic rings. The van der Waals surface area contributed by atoms with Crippen LogP contribution in [0.3, 0.4) is 0 Å². The highest BCUT2D eigenvalue weighted by molar-refractivity contribution is 6.34. The van der Waals surface area contributed by atoms with Crippen molar-refractivity contribution < 1.29 is 23.9 Å². The molecule has 2 aromatic rings. The number of ether oxygens (including phenoxy) is 2. The predicted octanol–water partition coefficient (Wildman–Crippen LogP) is 3.56. The number of rotatable bonds is 4. The van der Waals surface area contributed by atoms with Gasteiger partial charge in [-0.1, -0.05) is 35.3 Å². The molecule has 0 spiro atoms. The monoisotopic (exact) mass is 463 g/mol. The number of carbonyl (C=O) groups is 3. The number of imide groups is 1. The third kappa shape index (κ3) is 4.13. The van der Waals surface area contributed by atoms with Gasteiger partial charge in [-0.05, 0) is 24.6 Å². The van der Waals surface area contributed by atoms with Crippen molar-refractivity contribution in [1.29, 1.82) is 0 Å². The van der Waals surface area contributed by atoms with E-state index in [4.69, 9.17) is 32.7 Å². The Bertz CT molecular complexity index is 1080. The molecule has 2 aliphatic heterocycles. The van der Waals surface area contributed by atoms with Crippen LogP contribution in [0.5, 0.6) is 11.5 Å². The summed E-state index contributed by atoms with van der Waals surface area (Å²) in [5.74, 6) is -0.192. The van der Waals surface area contributed by atoms with Crippen LogP contribution in [-0.4, -0.2) is 42.5 Å². The molecule has 0 aliphatic carbocycles. The van der Waals surface area contributed by atoms with Gasteiger partial charge in [0.2, 0.25) is 5.91 Å². The third-order valence-electron chi connectivity index (χ3n) is 5.09. The number of nitrogens with one attached hydrogen (secondary N) is 2. The molecule has 31 heavy (non-hydrogen) atoms. The molecule has 1 unspecified atom stereocenters. The summed E-state index contributed by atoms with van der Waals surface area (Å²) >= 11 is 12.3. The first-order valence-corrected chi connectivity index (χ1v) is 10.3. The lowest BCUT2D eigenvalue weighted by Gasteiger charge is -2.22. The minimum atomic E-state index is -1.32. The van der Waals surface area contributed by atoms with Gasteiger partial charge in [0.15, 0.2) is 11.5 Å². The van der Waals surface area contributed by atoms with Crippen molar-refractivity contribution in [2.45, 2.75) is 18.9 Å². The lowest BCUT2D eigenvalue weighted by atomic mass is 9.92. The summed E-state index contributed by atoms with van der Waals surface area (Å²) in [6.45, 7) is 2.07. The van der Waals surface area contributed by atoms with Crippen LogP contribution in [0.1, 0.15) is 18.9 Å². The highest BCUT2D eigenvalue weighted by atomic mass is 35.5. The number of carbonyl (C=O) groups excluding carboxylic acids is 3. The van der Waals surface area contributed by atoms with Crippen molar-refractivity contribution in [2.24, 2.45) is 0 Å². The molecule has 4 rings (SSSR count). The zero-order chi connectivity index (χ0) is 22.2. The molecule has 1 saturated heterocycles. The molecule has 0 bridgehead atoms. The van der Waals surface area contributed by atoms with Crippen LogP contribution in [-0.2, 0) is 15.1 Å². The maximum Gasteiger partial charge on any atom is 0.325 e. The molecule has 8 nitrogen and oxygen atoms in total. The molecule has 4 amide bonds. The summed E-state index contributed by atoms with van der Waals surface area (Å²) in [6, 6.07) is 9.08. The lowest BCUT2D eigenvalue weighted by molar-refractivity contribution is -0.133. The Labute approximate surface area is 188 Å². The number of amides is 4. The van der Waals surface area contributed by atoms with E-state index in [9.17, 15) is 14.4 Å². The molecule has 2 aromatic carbocycles. The molecule has 162 valence electrons. The molecule has 2 N–H and O–H groups in total. The first kappa shape index (κ1) is 21.3. The van der Waals surface area contributed by atoms with E-state index in [-0.39, 0.29) is 5.02 Å². The van der Waals surface area contributed by atoms with Crippen LogP contribution in [0.15, 0.2) is 36.4 Å². The summed E-state index contributed by atoms with van der Waals surface area (Å²) in [6.07, 6.45) is 0.728. The van der Waals surface area contributed by atoms with E-state index in [1.54, 1.807) is 43.3 Å². The lowest BCUT2D eigenvalue weighted by Crippen LogP contribution is -2.42. The summed E-state index contributed by atoms with van der Waals surface area (Å²) in [4.78, 5) is 38.9. The summed E-state index contributed by atoms with van der Waals surface area (Å²) in [7, 11) is 0. The standard InChI is InChI=1S/C21H19Cl2N3O5/c1-21(12-4-2-5-13(22)8-12)19(28)26(20(29)25-21)11-18(27)24-15-10-17-16(9-14(15)23)30-6-3-7-31-17/h2,4-5,8-10H,3,6-7,11H2,1H3,(H,24,27)(H,25,29). The molecule has 1 atom stereocenters. The average molecular weight is 464 g/mol. The molecule has 10 heteroatoms. The Balaban J connectivity index is 1.50. The topological polar surface area (TPSA) is 97.0 Å². The highest BCUT2D eigenvalue weighted by Gasteiger charge is 2.49. The first-order chi connectivity index (χ1) is 14.8. The van der Waals surface area contributed by atoms with Crippen molar-refractivity contribution in [3.8, 4) is 11.5 Å². The number of hydrogen-bond acceptors (Lipinski definition) is 5. The van der Waals surface area contributed by atoms with Gasteiger partial charge in [0.05, 0.1) is 23.9 Å². The second-order valence-electron chi connectivity index (χ2n) is 7.33. The first-order valence-electron chi connectivity index (χ1n) is 9.57. The van der Waals surface area contributed by atoms with E-state index >= 15 is 0 Å². The number of halogens is 2. The van der Waals surface area contributed by atoms with Gasteiger partial charge in [-0.15, -0.1) is 0 Å². The Morgan fingerprint density at radius 1 is 1.16 bits per heavy atom. The van der Waals surface area contributed by atoms with Crippen LogP contribution < -0.4 is 20.1 Å². The number of anilines is 1.